The van der Waals surface area contributed by atoms with Crippen LogP contribution in [0.3, 0.4) is 0 Å². The molecular formula is C25H41N3O14. The Hall–Kier alpha value is -2.10. The SMILES string of the molecule is CC(=O)N[C@@H](CNc1ccccn1)[C@@H](O[C@@H]1O[C@@H](C)[C@@H](O)[C@@H](O)[C@@H]1O)[C@H](O[C@@H]1O[C@H](CO)[C@H](O)[C@H](O)[C@H]1O)[C@H](O)CO. The fourth-order valence-electron chi connectivity index (χ4n) is 4.70. The lowest BCUT2D eigenvalue weighted by atomic mass is 9.96. The summed E-state index contributed by atoms with van der Waals surface area (Å²) < 4.78 is 22.8. The maximum absolute atomic E-state index is 12.3. The number of carbonyl (C=O) groups excluding carboxylic acids is 1. The lowest BCUT2D eigenvalue weighted by Gasteiger charge is -2.45. The number of aliphatic hydroxyl groups is 9. The van der Waals surface area contributed by atoms with E-state index < -0.39 is 105 Å². The second-order valence-electron chi connectivity index (χ2n) is 10.2. The van der Waals surface area contributed by atoms with Crippen molar-refractivity contribution in [3.8, 4) is 0 Å². The molecule has 0 unspecified atom stereocenters. The zero-order valence-electron chi connectivity index (χ0n) is 23.0. The number of rotatable bonds is 13. The largest absolute Gasteiger partial charge is 0.394 e. The molecule has 0 bridgehead atoms. The number of nitrogens with one attached hydrogen (secondary N) is 2. The Kier molecular flexibility index (Phi) is 12.8. The molecule has 3 rings (SSSR count). The second kappa shape index (κ2) is 15.6. The molecule has 14 atom stereocenters. The van der Waals surface area contributed by atoms with E-state index in [0.29, 0.717) is 5.82 Å². The standard InChI is InChI=1S/C25H41N3O14/c1-10-16(33)18(35)20(37)24(39-10)41-22(12(28-11(2)31)7-27-15-5-3-4-6-26-15)23(13(32)8-29)42-25-21(38)19(36)17(34)14(9-30)40-25/h3-6,10,12-14,16-25,29-30,32-38H,7-9H2,1-2H3,(H,26,27)(H,28,31)/t10-,12-,13+,14+,16+,17-,18+,19-,20-,21+,22+,23+,24-,25-/m0/s1. The molecule has 1 aromatic heterocycles. The zero-order chi connectivity index (χ0) is 31.1. The van der Waals surface area contributed by atoms with Gasteiger partial charge >= 0.3 is 0 Å². The van der Waals surface area contributed by atoms with Gasteiger partial charge in [0.25, 0.3) is 0 Å². The highest BCUT2D eigenvalue weighted by atomic mass is 16.7. The first-order valence-corrected chi connectivity index (χ1v) is 13.4. The van der Waals surface area contributed by atoms with Gasteiger partial charge in [-0.05, 0) is 19.1 Å². The van der Waals surface area contributed by atoms with Gasteiger partial charge in [0.1, 0.15) is 66.9 Å². The molecular weight excluding hydrogens is 566 g/mol. The van der Waals surface area contributed by atoms with Crippen LogP contribution in [0, 0.1) is 0 Å². The average molecular weight is 608 g/mol. The zero-order valence-corrected chi connectivity index (χ0v) is 23.0. The van der Waals surface area contributed by atoms with Crippen molar-refractivity contribution in [2.75, 3.05) is 25.1 Å². The number of aliphatic hydroxyl groups excluding tert-OH is 9. The number of pyridine rings is 1. The monoisotopic (exact) mass is 607 g/mol. The van der Waals surface area contributed by atoms with E-state index in [2.05, 4.69) is 15.6 Å². The van der Waals surface area contributed by atoms with Crippen molar-refractivity contribution in [1.82, 2.24) is 10.3 Å². The van der Waals surface area contributed by atoms with Crippen LogP contribution in [0.2, 0.25) is 0 Å². The van der Waals surface area contributed by atoms with Crippen molar-refractivity contribution >= 4 is 11.7 Å². The van der Waals surface area contributed by atoms with E-state index in [1.165, 1.54) is 20.0 Å². The summed E-state index contributed by atoms with van der Waals surface area (Å²) in [5.41, 5.74) is 0. The van der Waals surface area contributed by atoms with Gasteiger partial charge in [-0.3, -0.25) is 4.79 Å². The summed E-state index contributed by atoms with van der Waals surface area (Å²) >= 11 is 0. The quantitative estimate of drug-likeness (QED) is 0.0999. The first kappa shape index (κ1) is 34.4. The van der Waals surface area contributed by atoms with E-state index in [9.17, 15) is 50.8 Å². The van der Waals surface area contributed by atoms with Gasteiger partial charge in [-0.2, -0.15) is 0 Å². The van der Waals surface area contributed by atoms with Crippen LogP contribution >= 0.6 is 0 Å². The van der Waals surface area contributed by atoms with Crippen molar-refractivity contribution < 1.29 is 69.7 Å². The number of hydrogen-bond donors (Lipinski definition) is 11. The molecule has 240 valence electrons. The minimum atomic E-state index is -1.91. The van der Waals surface area contributed by atoms with Crippen LogP contribution in [-0.4, -0.2) is 162 Å². The summed E-state index contributed by atoms with van der Waals surface area (Å²) in [5, 5.41) is 98.0. The van der Waals surface area contributed by atoms with E-state index in [1.54, 1.807) is 18.2 Å². The van der Waals surface area contributed by atoms with Gasteiger partial charge in [-0.15, -0.1) is 0 Å². The minimum Gasteiger partial charge on any atom is -0.394 e. The molecule has 0 spiro atoms. The molecule has 11 N–H and O–H groups in total. The molecule has 17 heteroatoms. The lowest BCUT2D eigenvalue weighted by Crippen LogP contribution is -2.65. The van der Waals surface area contributed by atoms with Gasteiger partial charge in [0, 0.05) is 19.7 Å². The maximum atomic E-state index is 12.3. The van der Waals surface area contributed by atoms with E-state index in [1.807, 2.05) is 0 Å². The van der Waals surface area contributed by atoms with Crippen LogP contribution in [0.15, 0.2) is 24.4 Å². The normalized spacial score (nSPS) is 36.5. The molecule has 3 heterocycles. The molecule has 2 fully saturated rings. The van der Waals surface area contributed by atoms with Crippen LogP contribution in [-0.2, 0) is 23.7 Å². The predicted molar refractivity (Wildman–Crippen MR) is 139 cm³/mol. The van der Waals surface area contributed by atoms with Crippen molar-refractivity contribution in [2.45, 2.75) is 99.6 Å². The highest BCUT2D eigenvalue weighted by molar-refractivity contribution is 5.73. The summed E-state index contributed by atoms with van der Waals surface area (Å²) in [4.78, 5) is 16.4. The highest BCUT2D eigenvalue weighted by Crippen LogP contribution is 2.29. The van der Waals surface area contributed by atoms with E-state index in [0.717, 1.165) is 0 Å². The number of nitrogens with zero attached hydrogens (tertiary/aromatic N) is 1. The Morgan fingerprint density at radius 1 is 0.929 bits per heavy atom. The smallest absolute Gasteiger partial charge is 0.217 e. The highest BCUT2D eigenvalue weighted by Gasteiger charge is 2.50. The predicted octanol–water partition coefficient (Wildman–Crippen LogP) is -5.25. The Labute approximate surface area is 241 Å². The molecule has 0 aliphatic carbocycles. The van der Waals surface area contributed by atoms with Gasteiger partial charge in [-0.1, -0.05) is 6.07 Å². The van der Waals surface area contributed by atoms with Gasteiger partial charge in [0.05, 0.1) is 25.4 Å². The average Bonchev–Trinajstić information content (AvgIpc) is 2.98. The summed E-state index contributed by atoms with van der Waals surface area (Å²) in [6.07, 6.45) is -20.0. The number of amides is 1. The number of carbonyl (C=O) groups is 1. The molecule has 0 aromatic carbocycles. The van der Waals surface area contributed by atoms with Gasteiger partial charge in [-0.25, -0.2) is 4.98 Å². The van der Waals surface area contributed by atoms with Crippen molar-refractivity contribution in [2.24, 2.45) is 0 Å². The van der Waals surface area contributed by atoms with E-state index >= 15 is 0 Å². The van der Waals surface area contributed by atoms with Gasteiger partial charge < -0.3 is 75.5 Å². The van der Waals surface area contributed by atoms with Crippen LogP contribution in [0.4, 0.5) is 5.82 Å². The molecule has 0 radical (unpaired) electrons. The molecule has 2 aliphatic heterocycles. The third-order valence-corrected chi connectivity index (χ3v) is 7.08. The Morgan fingerprint density at radius 3 is 2.12 bits per heavy atom. The molecule has 17 nitrogen and oxygen atoms in total. The summed E-state index contributed by atoms with van der Waals surface area (Å²) in [6.45, 7) is 0.713. The fraction of sp³-hybridized carbons (Fsp3) is 0.760. The first-order valence-electron chi connectivity index (χ1n) is 13.4. The number of aromatic nitrogens is 1. The molecule has 1 amide bonds. The second-order valence-corrected chi connectivity index (χ2v) is 10.2. The van der Waals surface area contributed by atoms with Gasteiger partial charge in [0.2, 0.25) is 5.91 Å². The third kappa shape index (κ3) is 8.29. The summed E-state index contributed by atoms with van der Waals surface area (Å²) in [5.74, 6) is -0.197. The topological polar surface area (TPSA) is 273 Å². The third-order valence-electron chi connectivity index (χ3n) is 7.08. The fourth-order valence-corrected chi connectivity index (χ4v) is 4.70. The van der Waals surface area contributed by atoms with Gasteiger partial charge in [0.15, 0.2) is 12.6 Å². The Balaban J connectivity index is 2.00. The minimum absolute atomic E-state index is 0.155. The first-order chi connectivity index (χ1) is 19.9. The van der Waals surface area contributed by atoms with Crippen molar-refractivity contribution in [3.05, 3.63) is 24.4 Å². The lowest BCUT2D eigenvalue weighted by molar-refractivity contribution is -0.347. The Bertz CT molecular complexity index is 964. The van der Waals surface area contributed by atoms with E-state index in [-0.39, 0.29) is 6.54 Å². The van der Waals surface area contributed by atoms with Crippen LogP contribution in [0.1, 0.15) is 13.8 Å². The molecule has 2 saturated heterocycles. The molecule has 0 saturated carbocycles. The summed E-state index contributed by atoms with van der Waals surface area (Å²) in [7, 11) is 0. The Morgan fingerprint density at radius 2 is 1.55 bits per heavy atom. The number of anilines is 1. The van der Waals surface area contributed by atoms with Crippen LogP contribution in [0.5, 0.6) is 0 Å². The van der Waals surface area contributed by atoms with Crippen molar-refractivity contribution in [1.29, 1.82) is 0 Å². The van der Waals surface area contributed by atoms with E-state index in [4.69, 9.17) is 18.9 Å². The van der Waals surface area contributed by atoms with Crippen molar-refractivity contribution in [3.63, 3.8) is 0 Å². The van der Waals surface area contributed by atoms with Crippen LogP contribution < -0.4 is 10.6 Å². The number of hydrogen-bond acceptors (Lipinski definition) is 16. The molecule has 2 aliphatic rings. The number of ether oxygens (including phenoxy) is 4. The molecule has 1 aromatic rings. The summed E-state index contributed by atoms with van der Waals surface area (Å²) in [6, 6.07) is 3.82. The maximum Gasteiger partial charge on any atom is 0.217 e. The molecule has 42 heavy (non-hydrogen) atoms. The van der Waals surface area contributed by atoms with Crippen LogP contribution in [0.25, 0.3) is 0 Å².